The fourth-order valence-electron chi connectivity index (χ4n) is 1.83. The van der Waals surface area contributed by atoms with E-state index in [0.29, 0.717) is 13.1 Å². The summed E-state index contributed by atoms with van der Waals surface area (Å²) in [6.07, 6.45) is 0. The quantitative estimate of drug-likeness (QED) is 0.741. The largest absolute Gasteiger partial charge is 0.397 e. The van der Waals surface area contributed by atoms with Crippen LogP contribution in [0, 0.1) is 11.6 Å². The lowest BCUT2D eigenvalue weighted by molar-refractivity contribution is -0.129. The summed E-state index contributed by atoms with van der Waals surface area (Å²) in [5.74, 6) is -2.10. The number of piperazine rings is 1. The molecule has 1 amide bonds. The first-order chi connectivity index (χ1) is 8.00. The van der Waals surface area contributed by atoms with Gasteiger partial charge in [0.25, 0.3) is 0 Å². The molecule has 2 N–H and O–H groups in total. The number of benzene rings is 1. The number of nitrogens with two attached hydrogens (primary N) is 1. The van der Waals surface area contributed by atoms with E-state index in [9.17, 15) is 13.6 Å². The molecule has 1 fully saturated rings. The van der Waals surface area contributed by atoms with Gasteiger partial charge in [-0.1, -0.05) is 0 Å². The molecule has 1 saturated heterocycles. The topological polar surface area (TPSA) is 49.6 Å². The summed E-state index contributed by atoms with van der Waals surface area (Å²) in [5.41, 5.74) is 5.75. The molecule has 0 atom stereocenters. The molecule has 0 spiro atoms. The normalized spacial score (nSPS) is 16.5. The number of hydrogen-bond acceptors (Lipinski definition) is 3. The second-order valence-electron chi connectivity index (χ2n) is 4.04. The summed E-state index contributed by atoms with van der Waals surface area (Å²) < 4.78 is 26.8. The number of hydrogen-bond donors (Lipinski definition) is 1. The highest BCUT2D eigenvalue weighted by Gasteiger charge is 2.25. The third-order valence-electron chi connectivity index (χ3n) is 2.87. The number of carbonyl (C=O) groups excluding carboxylic acids is 1. The average molecular weight is 241 g/mol. The van der Waals surface area contributed by atoms with Crippen LogP contribution in [0.15, 0.2) is 12.1 Å². The Hall–Kier alpha value is -1.85. The van der Waals surface area contributed by atoms with E-state index in [1.54, 1.807) is 11.9 Å². The van der Waals surface area contributed by atoms with Crippen molar-refractivity contribution in [3.8, 4) is 0 Å². The fourth-order valence-corrected chi connectivity index (χ4v) is 1.83. The van der Waals surface area contributed by atoms with Crippen LogP contribution in [0.5, 0.6) is 0 Å². The molecule has 92 valence electrons. The van der Waals surface area contributed by atoms with Crippen LogP contribution in [0.3, 0.4) is 0 Å². The molecule has 0 radical (unpaired) electrons. The van der Waals surface area contributed by atoms with Crippen molar-refractivity contribution in [1.82, 2.24) is 4.90 Å². The van der Waals surface area contributed by atoms with Crippen LogP contribution < -0.4 is 10.6 Å². The van der Waals surface area contributed by atoms with Crippen molar-refractivity contribution in [2.75, 3.05) is 37.3 Å². The number of carbonyl (C=O) groups is 1. The lowest BCUT2D eigenvalue weighted by atomic mass is 10.2. The van der Waals surface area contributed by atoms with Crippen molar-refractivity contribution in [3.05, 3.63) is 23.8 Å². The Morgan fingerprint density at radius 2 is 2.00 bits per heavy atom. The smallest absolute Gasteiger partial charge is 0.241 e. The minimum atomic E-state index is -0.998. The van der Waals surface area contributed by atoms with Crippen molar-refractivity contribution >= 4 is 17.3 Å². The molecule has 2 rings (SSSR count). The van der Waals surface area contributed by atoms with Crippen LogP contribution in [0.4, 0.5) is 20.2 Å². The Kier molecular flexibility index (Phi) is 2.87. The van der Waals surface area contributed by atoms with E-state index in [1.807, 2.05) is 0 Å². The Labute approximate surface area is 97.6 Å². The summed E-state index contributed by atoms with van der Waals surface area (Å²) >= 11 is 0. The molecule has 0 aromatic heterocycles. The number of halogens is 2. The van der Waals surface area contributed by atoms with E-state index in [-0.39, 0.29) is 23.8 Å². The zero-order valence-electron chi connectivity index (χ0n) is 9.41. The Morgan fingerprint density at radius 3 is 2.65 bits per heavy atom. The van der Waals surface area contributed by atoms with Gasteiger partial charge in [0.1, 0.15) is 0 Å². The maximum Gasteiger partial charge on any atom is 0.241 e. The van der Waals surface area contributed by atoms with E-state index >= 15 is 0 Å². The second-order valence-corrected chi connectivity index (χ2v) is 4.04. The van der Waals surface area contributed by atoms with Gasteiger partial charge in [-0.05, 0) is 12.1 Å². The van der Waals surface area contributed by atoms with Crippen LogP contribution in [0.25, 0.3) is 0 Å². The van der Waals surface area contributed by atoms with Gasteiger partial charge >= 0.3 is 0 Å². The number of amides is 1. The molecule has 1 aliphatic heterocycles. The Morgan fingerprint density at radius 1 is 1.29 bits per heavy atom. The van der Waals surface area contributed by atoms with Crippen LogP contribution >= 0.6 is 0 Å². The number of anilines is 2. The average Bonchev–Trinajstić information content (AvgIpc) is 2.29. The molecule has 0 unspecified atom stereocenters. The first-order valence-electron chi connectivity index (χ1n) is 5.23. The fraction of sp³-hybridized carbons (Fsp3) is 0.364. The third-order valence-corrected chi connectivity index (χ3v) is 2.87. The third kappa shape index (κ3) is 2.02. The summed E-state index contributed by atoms with van der Waals surface area (Å²) in [7, 11) is 1.67. The summed E-state index contributed by atoms with van der Waals surface area (Å²) in [6.45, 7) is 0.919. The summed E-state index contributed by atoms with van der Waals surface area (Å²) in [5, 5.41) is 0. The highest BCUT2D eigenvalue weighted by atomic mass is 19.2. The van der Waals surface area contributed by atoms with Crippen LogP contribution in [-0.2, 0) is 4.79 Å². The molecular weight excluding hydrogens is 228 g/mol. The minimum absolute atomic E-state index is 0.0150. The zero-order chi connectivity index (χ0) is 12.6. The molecule has 1 aliphatic rings. The molecule has 17 heavy (non-hydrogen) atoms. The highest BCUT2D eigenvalue weighted by molar-refractivity contribution is 5.84. The molecule has 1 heterocycles. The first kappa shape index (κ1) is 11.6. The van der Waals surface area contributed by atoms with E-state index in [0.717, 1.165) is 6.07 Å². The van der Waals surface area contributed by atoms with E-state index in [4.69, 9.17) is 5.73 Å². The monoisotopic (exact) mass is 241 g/mol. The van der Waals surface area contributed by atoms with Gasteiger partial charge in [-0.25, -0.2) is 8.78 Å². The molecule has 6 heteroatoms. The van der Waals surface area contributed by atoms with Crippen molar-refractivity contribution < 1.29 is 13.6 Å². The van der Waals surface area contributed by atoms with Gasteiger partial charge in [-0.2, -0.15) is 0 Å². The van der Waals surface area contributed by atoms with E-state index in [1.165, 1.54) is 11.0 Å². The zero-order valence-corrected chi connectivity index (χ0v) is 9.41. The predicted octanol–water partition coefficient (Wildman–Crippen LogP) is 0.825. The number of nitrogens with zero attached hydrogens (tertiary/aromatic N) is 2. The van der Waals surface area contributed by atoms with Crippen molar-refractivity contribution in [2.45, 2.75) is 0 Å². The second kappa shape index (κ2) is 4.20. The number of likely N-dealkylation sites (N-methyl/N-ethyl adjacent to an activating group) is 1. The highest BCUT2D eigenvalue weighted by Crippen LogP contribution is 2.29. The standard InChI is InChI=1S/C11H13F2N3O/c1-15-4-5-16(6-9(15)17)11-8(14)3-2-7(12)10(11)13/h2-3H,4-6,14H2,1H3. The lowest BCUT2D eigenvalue weighted by Gasteiger charge is -2.34. The lowest BCUT2D eigenvalue weighted by Crippen LogP contribution is -2.49. The summed E-state index contributed by atoms with van der Waals surface area (Å²) in [6, 6.07) is 2.28. The first-order valence-corrected chi connectivity index (χ1v) is 5.23. The van der Waals surface area contributed by atoms with Crippen LogP contribution in [-0.4, -0.2) is 37.5 Å². The van der Waals surface area contributed by atoms with Crippen molar-refractivity contribution in [2.24, 2.45) is 0 Å². The van der Waals surface area contributed by atoms with Gasteiger partial charge in [0.2, 0.25) is 5.91 Å². The predicted molar refractivity (Wildman–Crippen MR) is 60.6 cm³/mol. The minimum Gasteiger partial charge on any atom is -0.397 e. The molecule has 1 aromatic carbocycles. The van der Waals surface area contributed by atoms with Gasteiger partial charge < -0.3 is 15.5 Å². The molecule has 0 saturated carbocycles. The molecular formula is C11H13F2N3O. The van der Waals surface area contributed by atoms with E-state index in [2.05, 4.69) is 0 Å². The summed E-state index contributed by atoms with van der Waals surface area (Å²) in [4.78, 5) is 14.5. The van der Waals surface area contributed by atoms with Crippen LogP contribution in [0.1, 0.15) is 0 Å². The maximum atomic E-state index is 13.6. The molecule has 0 bridgehead atoms. The van der Waals surface area contributed by atoms with Crippen molar-refractivity contribution in [1.29, 1.82) is 0 Å². The van der Waals surface area contributed by atoms with Gasteiger partial charge in [-0.15, -0.1) is 0 Å². The van der Waals surface area contributed by atoms with Crippen LogP contribution in [0.2, 0.25) is 0 Å². The SMILES string of the molecule is CN1CCN(c2c(N)ccc(F)c2F)CC1=O. The number of nitrogen functional groups attached to an aromatic ring is 1. The Bertz CT molecular complexity index is 464. The van der Waals surface area contributed by atoms with E-state index < -0.39 is 11.6 Å². The van der Waals surface area contributed by atoms with Gasteiger partial charge in [0.15, 0.2) is 11.6 Å². The Balaban J connectivity index is 2.35. The molecule has 1 aromatic rings. The van der Waals surface area contributed by atoms with Crippen molar-refractivity contribution in [3.63, 3.8) is 0 Å². The van der Waals surface area contributed by atoms with Gasteiger partial charge in [-0.3, -0.25) is 4.79 Å². The number of rotatable bonds is 1. The molecule has 0 aliphatic carbocycles. The maximum absolute atomic E-state index is 13.6. The molecule has 4 nitrogen and oxygen atoms in total. The van der Waals surface area contributed by atoms with Gasteiger partial charge in [0, 0.05) is 20.1 Å². The van der Waals surface area contributed by atoms with Gasteiger partial charge in [0.05, 0.1) is 17.9 Å².